The maximum absolute atomic E-state index is 10.5. The Morgan fingerprint density at radius 1 is 0.909 bits per heavy atom. The fourth-order valence-electron chi connectivity index (χ4n) is 1.96. The highest BCUT2D eigenvalue weighted by Crippen LogP contribution is 2.15. The first-order valence-corrected chi connectivity index (χ1v) is 6.37. The van der Waals surface area contributed by atoms with Crippen LogP contribution in [0.15, 0.2) is 54.7 Å². The summed E-state index contributed by atoms with van der Waals surface area (Å²) in [7, 11) is 0. The minimum atomic E-state index is -0.580. The van der Waals surface area contributed by atoms with E-state index in [0.717, 1.165) is 17.2 Å². The van der Waals surface area contributed by atoms with Crippen LogP contribution in [0.25, 0.3) is 10.9 Å². The second kappa shape index (κ2) is 6.94. The topological polar surface area (TPSA) is 93.1 Å². The Morgan fingerprint density at radius 2 is 1.59 bits per heavy atom. The zero-order valence-electron chi connectivity index (χ0n) is 11.4. The molecule has 1 aromatic heterocycles. The van der Waals surface area contributed by atoms with Gasteiger partial charge in [-0.2, -0.15) is 0 Å². The molecule has 0 bridgehead atoms. The monoisotopic (exact) mass is 296 g/mol. The first-order valence-electron chi connectivity index (χ1n) is 6.37. The number of nitro groups is 1. The Bertz CT molecular complexity index is 824. The third-order valence-corrected chi connectivity index (χ3v) is 3.01. The molecule has 0 atom stereocenters. The normalized spacial score (nSPS) is 9.64. The number of carbonyl (C=O) groups is 2. The molecule has 2 aromatic carbocycles. The molecule has 110 valence electrons. The lowest BCUT2D eigenvalue weighted by Crippen LogP contribution is -1.92. The van der Waals surface area contributed by atoms with E-state index >= 15 is 0 Å². The number of nitrogens with one attached hydrogen (secondary N) is 1. The molecule has 0 fully saturated rings. The van der Waals surface area contributed by atoms with Gasteiger partial charge in [0.05, 0.1) is 16.0 Å². The molecule has 0 aliphatic heterocycles. The van der Waals surface area contributed by atoms with Crippen molar-refractivity contribution in [2.24, 2.45) is 0 Å². The average Bonchev–Trinajstić information content (AvgIpc) is 3.03. The van der Waals surface area contributed by atoms with E-state index in [-0.39, 0.29) is 11.3 Å². The first kappa shape index (κ1) is 15.1. The number of aldehydes is 2. The average molecular weight is 296 g/mol. The maximum atomic E-state index is 10.5. The fourth-order valence-corrected chi connectivity index (χ4v) is 1.96. The van der Waals surface area contributed by atoms with E-state index < -0.39 is 4.92 Å². The fraction of sp³-hybridized carbons (Fsp3) is 0. The van der Waals surface area contributed by atoms with Gasteiger partial charge in [-0.1, -0.05) is 24.3 Å². The van der Waals surface area contributed by atoms with E-state index in [9.17, 15) is 19.7 Å². The second-order valence-electron chi connectivity index (χ2n) is 4.34. The van der Waals surface area contributed by atoms with Crippen LogP contribution in [0.3, 0.4) is 0 Å². The van der Waals surface area contributed by atoms with E-state index in [4.69, 9.17) is 0 Å². The molecule has 0 unspecified atom stereocenters. The van der Waals surface area contributed by atoms with Gasteiger partial charge in [-0.3, -0.25) is 19.7 Å². The number of fused-ring (bicyclic) bond motifs is 1. The second-order valence-corrected chi connectivity index (χ2v) is 4.34. The molecular weight excluding hydrogens is 284 g/mol. The zero-order valence-corrected chi connectivity index (χ0v) is 11.4. The van der Waals surface area contributed by atoms with Crippen LogP contribution in [-0.2, 0) is 0 Å². The van der Waals surface area contributed by atoms with Crippen molar-refractivity contribution in [3.05, 3.63) is 76.0 Å². The van der Waals surface area contributed by atoms with Crippen molar-refractivity contribution in [1.82, 2.24) is 4.98 Å². The summed E-state index contributed by atoms with van der Waals surface area (Å²) in [5.41, 5.74) is 1.59. The van der Waals surface area contributed by atoms with Gasteiger partial charge in [-0.25, -0.2) is 0 Å². The molecule has 0 aliphatic carbocycles. The summed E-state index contributed by atoms with van der Waals surface area (Å²) in [4.78, 5) is 33.4. The number of H-pyrrole nitrogens is 1. The molecule has 0 radical (unpaired) electrons. The summed E-state index contributed by atoms with van der Waals surface area (Å²) in [6.45, 7) is 0. The van der Waals surface area contributed by atoms with Gasteiger partial charge in [0.1, 0.15) is 0 Å². The Balaban J connectivity index is 0.000000160. The molecule has 0 spiro atoms. The molecule has 0 saturated carbocycles. The standard InChI is InChI=1S/C9H7NO.C7H5NO3/c11-6-8-3-1-2-7-4-5-10-9(7)8;9-5-6-3-1-2-4-7(6)8(10)11/h1-6,10H;1-5H. The van der Waals surface area contributed by atoms with Gasteiger partial charge in [-0.15, -0.1) is 0 Å². The molecule has 3 aromatic rings. The number of aromatic amines is 1. The summed E-state index contributed by atoms with van der Waals surface area (Å²) >= 11 is 0. The lowest BCUT2D eigenvalue weighted by Gasteiger charge is -1.91. The van der Waals surface area contributed by atoms with E-state index in [1.807, 2.05) is 24.4 Å². The molecule has 0 amide bonds. The van der Waals surface area contributed by atoms with Crippen molar-refractivity contribution >= 4 is 29.2 Å². The molecule has 0 saturated heterocycles. The largest absolute Gasteiger partial charge is 0.361 e. The van der Waals surface area contributed by atoms with Crippen molar-refractivity contribution in [2.75, 3.05) is 0 Å². The smallest absolute Gasteiger partial charge is 0.279 e. The van der Waals surface area contributed by atoms with E-state index in [1.165, 1.54) is 18.2 Å². The van der Waals surface area contributed by atoms with Crippen LogP contribution in [-0.4, -0.2) is 22.5 Å². The van der Waals surface area contributed by atoms with Crippen molar-refractivity contribution in [3.8, 4) is 0 Å². The number of hydrogen-bond acceptors (Lipinski definition) is 4. The predicted octanol–water partition coefficient (Wildman–Crippen LogP) is 3.39. The van der Waals surface area contributed by atoms with E-state index in [0.29, 0.717) is 11.8 Å². The highest BCUT2D eigenvalue weighted by atomic mass is 16.6. The van der Waals surface area contributed by atoms with Crippen molar-refractivity contribution < 1.29 is 14.5 Å². The van der Waals surface area contributed by atoms with Crippen LogP contribution in [0.5, 0.6) is 0 Å². The predicted molar refractivity (Wildman–Crippen MR) is 82.2 cm³/mol. The highest BCUT2D eigenvalue weighted by Gasteiger charge is 2.09. The van der Waals surface area contributed by atoms with Crippen LogP contribution in [0.2, 0.25) is 0 Å². The SMILES string of the molecule is O=Cc1cccc2cc[nH]c12.O=Cc1ccccc1[N+](=O)[O-]. The van der Waals surface area contributed by atoms with Crippen LogP contribution in [0, 0.1) is 10.1 Å². The van der Waals surface area contributed by atoms with Crippen LogP contribution < -0.4 is 0 Å². The number of para-hydroxylation sites is 2. The van der Waals surface area contributed by atoms with Gasteiger partial charge in [0.25, 0.3) is 5.69 Å². The molecular formula is C16H12N2O4. The van der Waals surface area contributed by atoms with E-state index in [2.05, 4.69) is 4.98 Å². The van der Waals surface area contributed by atoms with Gasteiger partial charge in [-0.05, 0) is 18.2 Å². The van der Waals surface area contributed by atoms with Gasteiger partial charge < -0.3 is 4.98 Å². The number of nitro benzene ring substituents is 1. The Kier molecular flexibility index (Phi) is 4.77. The number of rotatable bonds is 3. The number of benzene rings is 2. The van der Waals surface area contributed by atoms with Crippen LogP contribution >= 0.6 is 0 Å². The molecule has 22 heavy (non-hydrogen) atoms. The molecule has 1 heterocycles. The van der Waals surface area contributed by atoms with Crippen molar-refractivity contribution in [1.29, 1.82) is 0 Å². The zero-order chi connectivity index (χ0) is 15.9. The van der Waals surface area contributed by atoms with E-state index in [1.54, 1.807) is 12.1 Å². The lowest BCUT2D eigenvalue weighted by atomic mass is 10.2. The third-order valence-electron chi connectivity index (χ3n) is 3.01. The Morgan fingerprint density at radius 3 is 2.23 bits per heavy atom. The number of hydrogen-bond donors (Lipinski definition) is 1. The van der Waals surface area contributed by atoms with Gasteiger partial charge >= 0.3 is 0 Å². The van der Waals surface area contributed by atoms with Gasteiger partial charge in [0.15, 0.2) is 12.6 Å². The van der Waals surface area contributed by atoms with Crippen LogP contribution in [0.1, 0.15) is 20.7 Å². The molecule has 6 nitrogen and oxygen atoms in total. The Labute approximate surface area is 125 Å². The summed E-state index contributed by atoms with van der Waals surface area (Å²) in [6, 6.07) is 13.4. The van der Waals surface area contributed by atoms with Crippen molar-refractivity contribution in [2.45, 2.75) is 0 Å². The summed E-state index contributed by atoms with van der Waals surface area (Å²) in [6.07, 6.45) is 3.16. The molecule has 1 N–H and O–H groups in total. The van der Waals surface area contributed by atoms with Crippen LogP contribution in [0.4, 0.5) is 5.69 Å². The molecule has 3 rings (SSSR count). The lowest BCUT2D eigenvalue weighted by molar-refractivity contribution is -0.385. The van der Waals surface area contributed by atoms with Gasteiger partial charge in [0, 0.05) is 23.2 Å². The quantitative estimate of drug-likeness (QED) is 0.455. The summed E-state index contributed by atoms with van der Waals surface area (Å²) < 4.78 is 0. The number of aromatic nitrogens is 1. The third kappa shape index (κ3) is 3.24. The first-order chi connectivity index (χ1) is 10.7. The summed E-state index contributed by atoms with van der Waals surface area (Å²) in [5.74, 6) is 0. The highest BCUT2D eigenvalue weighted by molar-refractivity contribution is 5.95. The minimum absolute atomic E-state index is 0.109. The molecule has 6 heteroatoms. The minimum Gasteiger partial charge on any atom is -0.361 e. The molecule has 0 aliphatic rings. The Hall–Kier alpha value is -3.28. The van der Waals surface area contributed by atoms with Crippen molar-refractivity contribution in [3.63, 3.8) is 0 Å². The number of nitrogens with zero attached hydrogens (tertiary/aromatic N) is 1. The summed E-state index contributed by atoms with van der Waals surface area (Å²) in [5, 5.41) is 11.3. The number of carbonyl (C=O) groups excluding carboxylic acids is 2. The maximum Gasteiger partial charge on any atom is 0.279 e. The van der Waals surface area contributed by atoms with Gasteiger partial charge in [0.2, 0.25) is 0 Å².